The quantitative estimate of drug-likeness (QED) is 0.781. The van der Waals surface area contributed by atoms with Crippen molar-refractivity contribution in [1.82, 2.24) is 24.6 Å². The molecule has 1 saturated heterocycles. The number of ether oxygens (including phenoxy) is 1. The van der Waals surface area contributed by atoms with Crippen molar-refractivity contribution < 1.29 is 4.74 Å². The smallest absolute Gasteiger partial charge is 0.262 e. The Hall–Kier alpha value is -2.67. The van der Waals surface area contributed by atoms with Crippen LogP contribution in [0.15, 0.2) is 35.3 Å². The highest BCUT2D eigenvalue weighted by atomic mass is 16.5. The van der Waals surface area contributed by atoms with Crippen molar-refractivity contribution in [3.05, 3.63) is 52.2 Å². The molecule has 0 aliphatic carbocycles. The molecule has 3 aromatic rings. The van der Waals surface area contributed by atoms with Gasteiger partial charge in [-0.05, 0) is 19.5 Å². The second kappa shape index (κ2) is 6.33. The summed E-state index contributed by atoms with van der Waals surface area (Å²) in [4.78, 5) is 22.3. The first kappa shape index (κ1) is 15.8. The minimum atomic E-state index is -0.146. The van der Waals surface area contributed by atoms with Crippen molar-refractivity contribution in [2.75, 3.05) is 27.2 Å². The monoisotopic (exact) mass is 339 g/mol. The topological polar surface area (TPSA) is 76.0 Å². The van der Waals surface area contributed by atoms with E-state index in [4.69, 9.17) is 9.72 Å². The number of aromatic amines is 1. The lowest BCUT2D eigenvalue weighted by Crippen LogP contribution is -2.18. The van der Waals surface area contributed by atoms with Crippen molar-refractivity contribution >= 4 is 11.0 Å². The van der Waals surface area contributed by atoms with Gasteiger partial charge in [-0.3, -0.25) is 4.79 Å². The molecular weight excluding hydrogens is 318 g/mol. The molecule has 0 spiro atoms. The standard InChI is InChI=1S/C18H21N5O2/c1-22-8-7-13(11-22)23-17-14(10-19-23)18(24)21-16(20-17)9-12-5-3-4-6-15(12)25-2/h3-6,10,13H,7-9,11H2,1-2H3,(H,20,21,24). The molecule has 7 heteroatoms. The first-order valence-electron chi connectivity index (χ1n) is 8.42. The van der Waals surface area contributed by atoms with E-state index < -0.39 is 0 Å². The number of nitrogens with one attached hydrogen (secondary N) is 1. The van der Waals surface area contributed by atoms with E-state index in [0.29, 0.717) is 23.3 Å². The highest BCUT2D eigenvalue weighted by Crippen LogP contribution is 2.23. The number of H-pyrrole nitrogens is 1. The molecule has 2 aromatic heterocycles. The molecule has 25 heavy (non-hydrogen) atoms. The summed E-state index contributed by atoms with van der Waals surface area (Å²) >= 11 is 0. The van der Waals surface area contributed by atoms with E-state index in [1.54, 1.807) is 13.3 Å². The lowest BCUT2D eigenvalue weighted by molar-refractivity contribution is 0.385. The molecule has 1 aliphatic rings. The van der Waals surface area contributed by atoms with E-state index in [9.17, 15) is 4.79 Å². The number of fused-ring (bicyclic) bond motifs is 1. The maximum Gasteiger partial charge on any atom is 0.262 e. The Kier molecular flexibility index (Phi) is 4.01. The average molecular weight is 339 g/mol. The van der Waals surface area contributed by atoms with E-state index in [1.165, 1.54) is 0 Å². The largest absolute Gasteiger partial charge is 0.496 e. The summed E-state index contributed by atoms with van der Waals surface area (Å²) < 4.78 is 7.30. The zero-order chi connectivity index (χ0) is 17.4. The predicted molar refractivity (Wildman–Crippen MR) is 95.1 cm³/mol. The van der Waals surface area contributed by atoms with Crippen molar-refractivity contribution in [3.8, 4) is 5.75 Å². The number of methoxy groups -OCH3 is 1. The van der Waals surface area contributed by atoms with Gasteiger partial charge in [0.15, 0.2) is 5.65 Å². The summed E-state index contributed by atoms with van der Waals surface area (Å²) in [6, 6.07) is 8.02. The van der Waals surface area contributed by atoms with Crippen LogP contribution in [-0.2, 0) is 6.42 Å². The number of hydrogen-bond acceptors (Lipinski definition) is 5. The molecule has 4 rings (SSSR count). The second-order valence-corrected chi connectivity index (χ2v) is 6.53. The Morgan fingerprint density at radius 2 is 2.20 bits per heavy atom. The third-order valence-corrected chi connectivity index (χ3v) is 4.78. The fraction of sp³-hybridized carbons (Fsp3) is 0.389. The van der Waals surface area contributed by atoms with Crippen LogP contribution in [0.4, 0.5) is 0 Å². The Balaban J connectivity index is 1.74. The number of aromatic nitrogens is 4. The van der Waals surface area contributed by atoms with Gasteiger partial charge in [0.2, 0.25) is 0 Å². The summed E-state index contributed by atoms with van der Waals surface area (Å²) in [6.45, 7) is 1.95. The maximum atomic E-state index is 12.4. The van der Waals surface area contributed by atoms with Crippen LogP contribution in [0.2, 0.25) is 0 Å². The number of likely N-dealkylation sites (tertiary alicyclic amines) is 1. The number of para-hydroxylation sites is 1. The van der Waals surface area contributed by atoms with Gasteiger partial charge in [0.05, 0.1) is 19.3 Å². The summed E-state index contributed by atoms with van der Waals surface area (Å²) in [5, 5.41) is 4.98. The summed E-state index contributed by atoms with van der Waals surface area (Å²) in [7, 11) is 3.74. The van der Waals surface area contributed by atoms with Gasteiger partial charge in [-0.2, -0.15) is 5.10 Å². The predicted octanol–water partition coefficient (Wildman–Crippen LogP) is 1.60. The summed E-state index contributed by atoms with van der Waals surface area (Å²) in [5.74, 6) is 1.41. The highest BCUT2D eigenvalue weighted by Gasteiger charge is 2.24. The molecule has 0 saturated carbocycles. The van der Waals surface area contributed by atoms with Gasteiger partial charge in [0.25, 0.3) is 5.56 Å². The Morgan fingerprint density at radius 1 is 1.36 bits per heavy atom. The molecule has 1 N–H and O–H groups in total. The van der Waals surface area contributed by atoms with Gasteiger partial charge in [-0.15, -0.1) is 0 Å². The number of likely N-dealkylation sites (N-methyl/N-ethyl adjacent to an activating group) is 1. The lowest BCUT2D eigenvalue weighted by atomic mass is 10.1. The molecule has 130 valence electrons. The van der Waals surface area contributed by atoms with Gasteiger partial charge in [-0.25, -0.2) is 9.67 Å². The fourth-order valence-electron chi connectivity index (χ4n) is 3.47. The Labute approximate surface area is 145 Å². The molecule has 1 atom stereocenters. The number of benzene rings is 1. The van der Waals surface area contributed by atoms with E-state index in [0.717, 1.165) is 30.8 Å². The minimum absolute atomic E-state index is 0.146. The van der Waals surface area contributed by atoms with E-state index in [2.05, 4.69) is 22.0 Å². The van der Waals surface area contributed by atoms with Gasteiger partial charge in [0, 0.05) is 25.1 Å². The molecule has 1 unspecified atom stereocenters. The SMILES string of the molecule is COc1ccccc1Cc1nc2c(cnn2C2CCN(C)C2)c(=O)[nH]1. The van der Waals surface area contributed by atoms with Gasteiger partial charge in [-0.1, -0.05) is 18.2 Å². The lowest BCUT2D eigenvalue weighted by Gasteiger charge is -2.12. The highest BCUT2D eigenvalue weighted by molar-refractivity contribution is 5.73. The van der Waals surface area contributed by atoms with E-state index in [1.807, 2.05) is 28.9 Å². The summed E-state index contributed by atoms with van der Waals surface area (Å²) in [5.41, 5.74) is 1.50. The molecule has 3 heterocycles. The van der Waals surface area contributed by atoms with Crippen LogP contribution in [-0.4, -0.2) is 51.9 Å². The van der Waals surface area contributed by atoms with Crippen molar-refractivity contribution in [3.63, 3.8) is 0 Å². The van der Waals surface area contributed by atoms with Crippen LogP contribution in [0.5, 0.6) is 5.75 Å². The van der Waals surface area contributed by atoms with Crippen molar-refractivity contribution in [1.29, 1.82) is 0 Å². The van der Waals surface area contributed by atoms with Crippen LogP contribution < -0.4 is 10.3 Å². The summed E-state index contributed by atoms with van der Waals surface area (Å²) in [6.07, 6.45) is 3.14. The normalized spacial score (nSPS) is 18.1. The van der Waals surface area contributed by atoms with Crippen LogP contribution >= 0.6 is 0 Å². The molecule has 1 fully saturated rings. The Morgan fingerprint density at radius 3 is 2.96 bits per heavy atom. The molecule has 1 aromatic carbocycles. The van der Waals surface area contributed by atoms with Crippen LogP contribution in [0, 0.1) is 0 Å². The third-order valence-electron chi connectivity index (χ3n) is 4.78. The van der Waals surface area contributed by atoms with Crippen LogP contribution in [0.3, 0.4) is 0 Å². The van der Waals surface area contributed by atoms with Gasteiger partial charge in [0.1, 0.15) is 17.0 Å². The van der Waals surface area contributed by atoms with E-state index in [-0.39, 0.29) is 11.6 Å². The number of nitrogens with zero attached hydrogens (tertiary/aromatic N) is 4. The first-order valence-corrected chi connectivity index (χ1v) is 8.42. The van der Waals surface area contributed by atoms with Crippen molar-refractivity contribution in [2.24, 2.45) is 0 Å². The maximum absolute atomic E-state index is 12.4. The molecule has 0 bridgehead atoms. The molecule has 1 aliphatic heterocycles. The molecule has 0 amide bonds. The van der Waals surface area contributed by atoms with E-state index >= 15 is 0 Å². The van der Waals surface area contributed by atoms with Gasteiger partial charge < -0.3 is 14.6 Å². The average Bonchev–Trinajstić information content (AvgIpc) is 3.21. The first-order chi connectivity index (χ1) is 12.2. The number of rotatable bonds is 4. The minimum Gasteiger partial charge on any atom is -0.496 e. The number of hydrogen-bond donors (Lipinski definition) is 1. The van der Waals surface area contributed by atoms with Crippen LogP contribution in [0.1, 0.15) is 23.9 Å². The van der Waals surface area contributed by atoms with Crippen LogP contribution in [0.25, 0.3) is 11.0 Å². The second-order valence-electron chi connectivity index (χ2n) is 6.53. The molecular formula is C18H21N5O2. The molecule has 0 radical (unpaired) electrons. The molecule has 7 nitrogen and oxygen atoms in total. The van der Waals surface area contributed by atoms with Gasteiger partial charge >= 0.3 is 0 Å². The zero-order valence-corrected chi connectivity index (χ0v) is 14.4. The Bertz CT molecular complexity index is 961. The zero-order valence-electron chi connectivity index (χ0n) is 14.4. The van der Waals surface area contributed by atoms with Crippen molar-refractivity contribution in [2.45, 2.75) is 18.9 Å². The fourth-order valence-corrected chi connectivity index (χ4v) is 3.47. The third kappa shape index (κ3) is 2.91.